The third-order valence-electron chi connectivity index (χ3n) is 5.35. The molecule has 0 amide bonds. The van der Waals surface area contributed by atoms with Crippen LogP contribution < -0.4 is 4.31 Å². The first kappa shape index (κ1) is 21.8. The van der Waals surface area contributed by atoms with Crippen molar-refractivity contribution in [2.24, 2.45) is 0 Å². The van der Waals surface area contributed by atoms with Gasteiger partial charge < -0.3 is 9.30 Å². The number of nitrogens with zero attached hydrogens (tertiary/aromatic N) is 2. The smallest absolute Gasteiger partial charge is 0.338 e. The summed E-state index contributed by atoms with van der Waals surface area (Å²) < 4.78 is 32.6. The lowest BCUT2D eigenvalue weighted by atomic mass is 10.1. The number of aryl methyl sites for hydroxylation is 1. The second kappa shape index (κ2) is 8.10. The zero-order valence-electron chi connectivity index (χ0n) is 17.6. The number of allylic oxidation sites excluding steroid dienone is 1. The molecule has 30 heavy (non-hydrogen) atoms. The lowest BCUT2D eigenvalue weighted by molar-refractivity contribution is 0.0474. The number of esters is 1. The first-order valence-electron chi connectivity index (χ1n) is 9.65. The minimum atomic E-state index is -3.40. The topological polar surface area (TPSA) is 85.7 Å². The summed E-state index contributed by atoms with van der Waals surface area (Å²) in [5, 5.41) is 0. The van der Waals surface area contributed by atoms with Gasteiger partial charge in [0.05, 0.1) is 17.5 Å². The fourth-order valence-corrected chi connectivity index (χ4v) is 5.28. The Morgan fingerprint density at radius 2 is 1.97 bits per heavy atom. The predicted molar refractivity (Wildman–Crippen MR) is 116 cm³/mol. The van der Waals surface area contributed by atoms with E-state index in [1.807, 2.05) is 25.3 Å². The Morgan fingerprint density at radius 1 is 1.27 bits per heavy atom. The van der Waals surface area contributed by atoms with E-state index in [1.54, 1.807) is 24.3 Å². The molecule has 0 spiro atoms. The van der Waals surface area contributed by atoms with E-state index in [1.165, 1.54) is 16.6 Å². The van der Waals surface area contributed by atoms with Gasteiger partial charge in [-0.15, -0.1) is 6.58 Å². The highest BCUT2D eigenvalue weighted by Crippen LogP contribution is 2.34. The fraction of sp³-hybridized carbons (Fsp3) is 0.364. The van der Waals surface area contributed by atoms with Crippen molar-refractivity contribution in [3.8, 4) is 0 Å². The van der Waals surface area contributed by atoms with Crippen molar-refractivity contribution in [3.63, 3.8) is 0 Å². The maximum absolute atomic E-state index is 12.6. The van der Waals surface area contributed by atoms with Crippen molar-refractivity contribution in [1.82, 2.24) is 4.57 Å². The summed E-state index contributed by atoms with van der Waals surface area (Å²) in [5.74, 6) is -0.888. The number of benzene rings is 1. The highest BCUT2D eigenvalue weighted by molar-refractivity contribution is 7.92. The number of fused-ring (bicyclic) bond motifs is 1. The standard InChI is InChI=1S/C22H26N2O5S/c1-6-9-23-14(2)11-19(16(23)4)21(25)13-29-22(26)17-7-8-20-18(12-17)10-15(3)24(20)30(5,27)28/h6-8,11-12,15H,1,9-10,13H2,2-5H3. The van der Waals surface area contributed by atoms with Gasteiger partial charge in [0.2, 0.25) is 15.8 Å². The lowest BCUT2D eigenvalue weighted by Gasteiger charge is -2.21. The predicted octanol–water partition coefficient (Wildman–Crippen LogP) is 3.04. The van der Waals surface area contributed by atoms with Crippen LogP contribution >= 0.6 is 0 Å². The molecule has 0 bridgehead atoms. The van der Waals surface area contributed by atoms with Gasteiger partial charge in [-0.1, -0.05) is 6.08 Å². The number of hydrogen-bond donors (Lipinski definition) is 0. The van der Waals surface area contributed by atoms with E-state index < -0.39 is 16.0 Å². The summed E-state index contributed by atoms with van der Waals surface area (Å²) in [5.41, 5.74) is 3.90. The van der Waals surface area contributed by atoms with Crippen LogP contribution in [-0.2, 0) is 27.7 Å². The van der Waals surface area contributed by atoms with Gasteiger partial charge in [0.15, 0.2) is 6.61 Å². The van der Waals surface area contributed by atoms with Crippen molar-refractivity contribution < 1.29 is 22.7 Å². The molecule has 2 heterocycles. The van der Waals surface area contributed by atoms with Gasteiger partial charge in [0.25, 0.3) is 0 Å². The number of hydrogen-bond acceptors (Lipinski definition) is 5. The van der Waals surface area contributed by atoms with Crippen molar-refractivity contribution in [3.05, 3.63) is 65.0 Å². The number of rotatable bonds is 7. The maximum atomic E-state index is 12.6. The molecule has 0 saturated heterocycles. The number of sulfonamides is 1. The van der Waals surface area contributed by atoms with Crippen LogP contribution in [0.25, 0.3) is 0 Å². The highest BCUT2D eigenvalue weighted by atomic mass is 32.2. The quantitative estimate of drug-likeness (QED) is 0.383. The van der Waals surface area contributed by atoms with E-state index in [-0.39, 0.29) is 18.4 Å². The van der Waals surface area contributed by atoms with Crippen LogP contribution in [0.5, 0.6) is 0 Å². The number of carbonyl (C=O) groups excluding carboxylic acids is 2. The summed E-state index contributed by atoms with van der Waals surface area (Å²) in [6, 6.07) is 6.35. The molecule has 1 aliphatic heterocycles. The van der Waals surface area contributed by atoms with Crippen LogP contribution in [0.15, 0.2) is 36.9 Å². The highest BCUT2D eigenvalue weighted by Gasteiger charge is 2.33. The molecule has 1 aliphatic rings. The Labute approximate surface area is 177 Å². The van der Waals surface area contributed by atoms with Crippen LogP contribution in [0.4, 0.5) is 5.69 Å². The first-order valence-corrected chi connectivity index (χ1v) is 11.5. The summed E-state index contributed by atoms with van der Waals surface area (Å²) in [7, 11) is -3.40. The third kappa shape index (κ3) is 4.05. The van der Waals surface area contributed by atoms with Crippen LogP contribution in [0.3, 0.4) is 0 Å². The Kier molecular flexibility index (Phi) is 5.90. The van der Waals surface area contributed by atoms with Crippen molar-refractivity contribution in [1.29, 1.82) is 0 Å². The Hall–Kier alpha value is -2.87. The van der Waals surface area contributed by atoms with Crippen molar-refractivity contribution >= 4 is 27.5 Å². The Balaban J connectivity index is 1.72. The van der Waals surface area contributed by atoms with Crippen molar-refractivity contribution in [2.75, 3.05) is 17.2 Å². The molecule has 1 unspecified atom stereocenters. The molecule has 7 nitrogen and oxygen atoms in total. The number of Topliss-reactive ketones (excluding diaryl/α,β-unsaturated/α-hetero) is 1. The van der Waals surface area contributed by atoms with E-state index in [4.69, 9.17) is 4.74 Å². The van der Waals surface area contributed by atoms with Gasteiger partial charge in [0.1, 0.15) is 0 Å². The molecule has 0 aliphatic carbocycles. The van der Waals surface area contributed by atoms with E-state index >= 15 is 0 Å². The molecule has 0 radical (unpaired) electrons. The minimum absolute atomic E-state index is 0.214. The van der Waals surface area contributed by atoms with Gasteiger partial charge in [0, 0.05) is 29.5 Å². The monoisotopic (exact) mass is 430 g/mol. The van der Waals surface area contributed by atoms with Gasteiger partial charge in [-0.05, 0) is 57.0 Å². The molecule has 8 heteroatoms. The first-order chi connectivity index (χ1) is 14.0. The summed E-state index contributed by atoms with van der Waals surface area (Å²) in [6.45, 7) is 9.54. The molecule has 1 aromatic carbocycles. The third-order valence-corrected chi connectivity index (χ3v) is 6.62. The normalized spacial score (nSPS) is 15.7. The van der Waals surface area contributed by atoms with Gasteiger partial charge in [-0.3, -0.25) is 9.10 Å². The molecule has 2 aromatic rings. The van der Waals surface area contributed by atoms with E-state index in [0.717, 1.165) is 17.0 Å². The summed E-state index contributed by atoms with van der Waals surface area (Å²) in [6.07, 6.45) is 3.43. The maximum Gasteiger partial charge on any atom is 0.338 e. The molecule has 0 saturated carbocycles. The lowest BCUT2D eigenvalue weighted by Crippen LogP contribution is -2.34. The SMILES string of the molecule is C=CCn1c(C)cc(C(=O)COC(=O)c2ccc3c(c2)CC(C)N3S(C)(=O)=O)c1C. The number of ketones is 1. The number of carbonyl (C=O) groups is 2. The second-order valence-corrected chi connectivity index (χ2v) is 9.50. The zero-order valence-corrected chi connectivity index (χ0v) is 18.5. The Bertz CT molecular complexity index is 1130. The largest absolute Gasteiger partial charge is 0.454 e. The van der Waals surface area contributed by atoms with Crippen LogP contribution in [-0.4, -0.2) is 43.6 Å². The van der Waals surface area contributed by atoms with Gasteiger partial charge in [-0.25, -0.2) is 13.2 Å². The van der Waals surface area contributed by atoms with Crippen LogP contribution in [0.1, 0.15) is 44.6 Å². The molecule has 3 rings (SSSR count). The molecule has 160 valence electrons. The number of anilines is 1. The second-order valence-electron chi connectivity index (χ2n) is 7.64. The number of ether oxygens (including phenoxy) is 1. The van der Waals surface area contributed by atoms with E-state index in [2.05, 4.69) is 6.58 Å². The van der Waals surface area contributed by atoms with Crippen LogP contribution in [0, 0.1) is 13.8 Å². The molecule has 0 fully saturated rings. The molecule has 1 aromatic heterocycles. The average Bonchev–Trinajstić information content (AvgIpc) is 3.15. The molecule has 1 atom stereocenters. The molecular weight excluding hydrogens is 404 g/mol. The average molecular weight is 431 g/mol. The Morgan fingerprint density at radius 3 is 2.60 bits per heavy atom. The summed E-state index contributed by atoms with van der Waals surface area (Å²) >= 11 is 0. The molecular formula is C22H26N2O5S. The fourth-order valence-electron chi connectivity index (χ4n) is 4.02. The minimum Gasteiger partial charge on any atom is -0.454 e. The molecule has 0 N–H and O–H groups in total. The van der Waals surface area contributed by atoms with Gasteiger partial charge in [-0.2, -0.15) is 0 Å². The van der Waals surface area contributed by atoms with Gasteiger partial charge >= 0.3 is 5.97 Å². The van der Waals surface area contributed by atoms with Crippen LogP contribution in [0.2, 0.25) is 0 Å². The van der Waals surface area contributed by atoms with E-state index in [9.17, 15) is 18.0 Å². The van der Waals surface area contributed by atoms with E-state index in [0.29, 0.717) is 29.8 Å². The van der Waals surface area contributed by atoms with Crippen molar-refractivity contribution in [2.45, 2.75) is 39.8 Å². The zero-order chi connectivity index (χ0) is 22.2. The summed E-state index contributed by atoms with van der Waals surface area (Å²) in [4.78, 5) is 25.0. The number of aromatic nitrogens is 1.